The lowest BCUT2D eigenvalue weighted by Crippen LogP contribution is -2.21. The Hall–Kier alpha value is -0.870. The maximum Gasteiger partial charge on any atom is 0.303 e. The van der Waals surface area contributed by atoms with Crippen molar-refractivity contribution in [2.24, 2.45) is 11.8 Å². The Kier molecular flexibility index (Phi) is 14.4. The molecule has 1 aliphatic rings. The predicted octanol–water partition coefficient (Wildman–Crippen LogP) is 5.86. The lowest BCUT2D eigenvalue weighted by atomic mass is 9.86. The molecule has 0 amide bonds. The number of rotatable bonds is 17. The van der Waals surface area contributed by atoms with Gasteiger partial charge in [0.2, 0.25) is 0 Å². The molecule has 0 spiro atoms. The van der Waals surface area contributed by atoms with E-state index >= 15 is 0 Å². The molecular formula is C24H44O4. The van der Waals surface area contributed by atoms with Crippen molar-refractivity contribution in [2.45, 2.75) is 122 Å². The Morgan fingerprint density at radius 2 is 1.43 bits per heavy atom. The highest BCUT2D eigenvalue weighted by atomic mass is 16.4. The normalized spacial score (nSPS) is 25.0. The van der Waals surface area contributed by atoms with Gasteiger partial charge in [0.25, 0.3) is 0 Å². The van der Waals surface area contributed by atoms with Gasteiger partial charge in [-0.15, -0.1) is 0 Å². The van der Waals surface area contributed by atoms with Gasteiger partial charge in [-0.2, -0.15) is 0 Å². The second-order valence-corrected chi connectivity index (χ2v) is 8.66. The fourth-order valence-electron chi connectivity index (χ4n) is 4.51. The number of carboxylic acids is 1. The first-order valence-electron chi connectivity index (χ1n) is 11.8. The summed E-state index contributed by atoms with van der Waals surface area (Å²) >= 11 is 0. The van der Waals surface area contributed by atoms with Crippen LogP contribution in [0.15, 0.2) is 12.2 Å². The largest absolute Gasteiger partial charge is 0.481 e. The molecule has 0 radical (unpaired) electrons. The summed E-state index contributed by atoms with van der Waals surface area (Å²) in [6.45, 7) is 2.25. The van der Waals surface area contributed by atoms with E-state index in [0.29, 0.717) is 6.42 Å². The molecule has 1 saturated carbocycles. The number of unbranched alkanes of at least 4 members (excludes halogenated alkanes) is 10. The second-order valence-electron chi connectivity index (χ2n) is 8.66. The maximum absolute atomic E-state index is 10.5. The van der Waals surface area contributed by atoms with Crippen LogP contribution >= 0.6 is 0 Å². The minimum Gasteiger partial charge on any atom is -0.481 e. The van der Waals surface area contributed by atoms with E-state index in [9.17, 15) is 15.0 Å². The molecule has 164 valence electrons. The SMILES string of the molecule is CCCCCCCCCC[C@H]1C(O)CC(O)C1C/C=C\CCCCCC(=O)O. The van der Waals surface area contributed by atoms with Crippen LogP contribution in [0.1, 0.15) is 110 Å². The van der Waals surface area contributed by atoms with Gasteiger partial charge in [-0.05, 0) is 50.4 Å². The summed E-state index contributed by atoms with van der Waals surface area (Å²) in [7, 11) is 0. The molecule has 0 aromatic carbocycles. The molecule has 3 unspecified atom stereocenters. The number of allylic oxidation sites excluding steroid dienone is 2. The summed E-state index contributed by atoms with van der Waals surface area (Å²) in [5, 5.41) is 29.3. The average molecular weight is 397 g/mol. The zero-order valence-electron chi connectivity index (χ0n) is 18.0. The Morgan fingerprint density at radius 3 is 2.11 bits per heavy atom. The Labute approximate surface area is 172 Å². The highest BCUT2D eigenvalue weighted by Crippen LogP contribution is 2.38. The minimum absolute atomic E-state index is 0.183. The molecule has 28 heavy (non-hydrogen) atoms. The number of aliphatic carboxylic acids is 1. The van der Waals surface area contributed by atoms with Crippen molar-refractivity contribution in [3.8, 4) is 0 Å². The van der Waals surface area contributed by atoms with Gasteiger partial charge in [-0.3, -0.25) is 4.79 Å². The van der Waals surface area contributed by atoms with Crippen LogP contribution in [0.25, 0.3) is 0 Å². The highest BCUT2D eigenvalue weighted by Gasteiger charge is 2.40. The zero-order chi connectivity index (χ0) is 20.6. The van der Waals surface area contributed by atoms with E-state index in [2.05, 4.69) is 19.1 Å². The van der Waals surface area contributed by atoms with Gasteiger partial charge in [0, 0.05) is 6.42 Å². The topological polar surface area (TPSA) is 77.8 Å². The number of hydrogen-bond donors (Lipinski definition) is 3. The van der Waals surface area contributed by atoms with Gasteiger partial charge in [-0.25, -0.2) is 0 Å². The molecule has 1 aliphatic carbocycles. The van der Waals surface area contributed by atoms with Crippen molar-refractivity contribution in [3.05, 3.63) is 12.2 Å². The van der Waals surface area contributed by atoms with Crippen molar-refractivity contribution in [2.75, 3.05) is 0 Å². The Balaban J connectivity index is 2.18. The quantitative estimate of drug-likeness (QED) is 0.213. The minimum atomic E-state index is -0.716. The third kappa shape index (κ3) is 11.2. The third-order valence-corrected chi connectivity index (χ3v) is 6.25. The van der Waals surface area contributed by atoms with E-state index < -0.39 is 5.97 Å². The molecule has 4 atom stereocenters. The van der Waals surface area contributed by atoms with Crippen molar-refractivity contribution in [3.63, 3.8) is 0 Å². The third-order valence-electron chi connectivity index (χ3n) is 6.25. The van der Waals surface area contributed by atoms with Crippen LogP contribution in [0, 0.1) is 11.8 Å². The van der Waals surface area contributed by atoms with E-state index in [1.54, 1.807) is 0 Å². The summed E-state index contributed by atoms with van der Waals surface area (Å²) in [5.41, 5.74) is 0. The summed E-state index contributed by atoms with van der Waals surface area (Å²) in [5.74, 6) is -0.301. The number of aliphatic hydroxyl groups is 2. The van der Waals surface area contributed by atoms with Crippen LogP contribution in [-0.2, 0) is 4.79 Å². The van der Waals surface area contributed by atoms with Crippen molar-refractivity contribution in [1.82, 2.24) is 0 Å². The highest BCUT2D eigenvalue weighted by molar-refractivity contribution is 5.66. The van der Waals surface area contributed by atoms with Crippen molar-refractivity contribution < 1.29 is 20.1 Å². The average Bonchev–Trinajstić information content (AvgIpc) is 2.92. The summed E-state index contributed by atoms with van der Waals surface area (Å²) in [4.78, 5) is 10.5. The lowest BCUT2D eigenvalue weighted by Gasteiger charge is -2.22. The molecule has 0 aromatic heterocycles. The number of aliphatic hydroxyl groups excluding tert-OH is 2. The van der Waals surface area contributed by atoms with Gasteiger partial charge < -0.3 is 15.3 Å². The zero-order valence-corrected chi connectivity index (χ0v) is 18.0. The molecule has 0 saturated heterocycles. The maximum atomic E-state index is 10.5. The molecule has 4 nitrogen and oxygen atoms in total. The van der Waals surface area contributed by atoms with E-state index in [4.69, 9.17) is 5.11 Å². The number of carbonyl (C=O) groups is 1. The van der Waals surface area contributed by atoms with Gasteiger partial charge in [-0.1, -0.05) is 76.9 Å². The van der Waals surface area contributed by atoms with Gasteiger partial charge in [0.15, 0.2) is 0 Å². The smallest absolute Gasteiger partial charge is 0.303 e. The van der Waals surface area contributed by atoms with E-state index in [0.717, 1.165) is 44.9 Å². The monoisotopic (exact) mass is 396 g/mol. The Morgan fingerprint density at radius 1 is 0.821 bits per heavy atom. The predicted molar refractivity (Wildman–Crippen MR) is 115 cm³/mol. The molecular weight excluding hydrogens is 352 g/mol. The summed E-state index contributed by atoms with van der Waals surface area (Å²) in [6, 6.07) is 0. The summed E-state index contributed by atoms with van der Waals surface area (Å²) in [6.07, 6.45) is 20.3. The van der Waals surface area contributed by atoms with Crippen molar-refractivity contribution >= 4 is 5.97 Å². The van der Waals surface area contributed by atoms with Gasteiger partial charge in [0.1, 0.15) is 0 Å². The first kappa shape index (κ1) is 25.2. The van der Waals surface area contributed by atoms with Gasteiger partial charge in [0.05, 0.1) is 12.2 Å². The Bertz CT molecular complexity index is 421. The summed E-state index contributed by atoms with van der Waals surface area (Å²) < 4.78 is 0. The van der Waals surface area contributed by atoms with E-state index in [1.165, 1.54) is 44.9 Å². The van der Waals surface area contributed by atoms with E-state index in [1.807, 2.05) is 0 Å². The van der Waals surface area contributed by atoms with Crippen LogP contribution in [-0.4, -0.2) is 33.5 Å². The fourth-order valence-corrected chi connectivity index (χ4v) is 4.51. The molecule has 1 fully saturated rings. The second kappa shape index (κ2) is 16.0. The standard InChI is InChI=1S/C24H44O4/c1-2-3-4-5-6-7-10-13-16-20-21(23(26)19-22(20)25)17-14-11-8-9-12-15-18-24(27)28/h11,14,20-23,25-26H,2-10,12-13,15-19H2,1H3,(H,27,28)/b14-11-/t20-,21?,22?,23?/m1/s1. The first-order chi connectivity index (χ1) is 13.6. The molecule has 0 heterocycles. The van der Waals surface area contributed by atoms with Gasteiger partial charge >= 0.3 is 5.97 Å². The molecule has 0 aliphatic heterocycles. The lowest BCUT2D eigenvalue weighted by molar-refractivity contribution is -0.137. The van der Waals surface area contributed by atoms with Crippen LogP contribution in [0.5, 0.6) is 0 Å². The first-order valence-corrected chi connectivity index (χ1v) is 11.8. The number of carboxylic acid groups (broad SMARTS) is 1. The fraction of sp³-hybridized carbons (Fsp3) is 0.875. The molecule has 1 rings (SSSR count). The van der Waals surface area contributed by atoms with Crippen molar-refractivity contribution in [1.29, 1.82) is 0 Å². The molecule has 0 aromatic rings. The number of hydrogen-bond acceptors (Lipinski definition) is 3. The molecule has 4 heteroatoms. The van der Waals surface area contributed by atoms with Crippen LogP contribution in [0.2, 0.25) is 0 Å². The van der Waals surface area contributed by atoms with Crippen LogP contribution in [0.3, 0.4) is 0 Å². The van der Waals surface area contributed by atoms with Crippen LogP contribution in [0.4, 0.5) is 0 Å². The molecule has 3 N–H and O–H groups in total. The van der Waals surface area contributed by atoms with E-state index in [-0.39, 0.29) is 30.5 Å². The molecule has 0 bridgehead atoms. The van der Waals surface area contributed by atoms with Crippen LogP contribution < -0.4 is 0 Å².